The molecule has 0 spiro atoms. The number of nitrogens with zero attached hydrogens (tertiary/aromatic N) is 1. The molecular weight excluding hydrogens is 420 g/mol. The largest absolute Gasteiger partial charge is 0.344 e. The van der Waals surface area contributed by atoms with Gasteiger partial charge in [0.15, 0.2) is 0 Å². The molecule has 1 saturated heterocycles. The Balaban J connectivity index is 1.32. The zero-order valence-corrected chi connectivity index (χ0v) is 18.1. The van der Waals surface area contributed by atoms with Crippen LogP contribution in [0.3, 0.4) is 0 Å². The minimum Gasteiger partial charge on any atom is -0.343 e. The number of rotatable bonds is 7. The van der Waals surface area contributed by atoms with Crippen molar-refractivity contribution in [3.8, 4) is 0 Å². The van der Waals surface area contributed by atoms with E-state index in [1.54, 1.807) is 19.1 Å². The second kappa shape index (κ2) is 9.12. The van der Waals surface area contributed by atoms with Crippen molar-refractivity contribution in [2.45, 2.75) is 25.3 Å². The van der Waals surface area contributed by atoms with E-state index in [0.717, 1.165) is 16.3 Å². The van der Waals surface area contributed by atoms with E-state index >= 15 is 0 Å². The normalized spacial score (nSPS) is 17.7. The first-order valence-electron chi connectivity index (χ1n) is 10.6. The van der Waals surface area contributed by atoms with Gasteiger partial charge < -0.3 is 10.6 Å². The highest BCUT2D eigenvalue weighted by molar-refractivity contribution is 6.08. The number of nitrogens with one attached hydrogen (secondary N) is 3. The first kappa shape index (κ1) is 22.0. The molecule has 0 aliphatic carbocycles. The molecule has 33 heavy (non-hydrogen) atoms. The van der Waals surface area contributed by atoms with Gasteiger partial charge in [0.2, 0.25) is 0 Å². The number of carbonyl (C=O) groups is 4. The molecule has 1 aliphatic heterocycles. The van der Waals surface area contributed by atoms with Crippen molar-refractivity contribution >= 4 is 34.5 Å². The zero-order valence-electron chi connectivity index (χ0n) is 18.1. The van der Waals surface area contributed by atoms with Crippen LogP contribution in [0.2, 0.25) is 0 Å². The summed E-state index contributed by atoms with van der Waals surface area (Å²) in [7, 11) is 0. The van der Waals surface area contributed by atoms with E-state index in [1.165, 1.54) is 0 Å². The van der Waals surface area contributed by atoms with E-state index in [0.29, 0.717) is 23.4 Å². The molecular formula is C25H24N4O4. The molecule has 3 aromatic rings. The van der Waals surface area contributed by atoms with Crippen molar-refractivity contribution in [3.05, 3.63) is 83.9 Å². The van der Waals surface area contributed by atoms with E-state index in [9.17, 15) is 19.2 Å². The second-order valence-electron chi connectivity index (χ2n) is 8.17. The van der Waals surface area contributed by atoms with Gasteiger partial charge in [-0.05, 0) is 48.2 Å². The van der Waals surface area contributed by atoms with E-state index in [1.807, 2.05) is 60.7 Å². The molecule has 168 valence electrons. The number of hydrogen-bond donors (Lipinski definition) is 3. The van der Waals surface area contributed by atoms with Gasteiger partial charge in [-0.3, -0.25) is 19.8 Å². The fraction of sp³-hybridized carbons (Fsp3) is 0.200. The summed E-state index contributed by atoms with van der Waals surface area (Å²) in [5.41, 5.74) is 2.60. The lowest BCUT2D eigenvalue weighted by molar-refractivity contribution is -0.138. The number of urea groups is 1. The van der Waals surface area contributed by atoms with Crippen molar-refractivity contribution in [2.75, 3.05) is 6.54 Å². The Bertz CT molecular complexity index is 1230. The van der Waals surface area contributed by atoms with Gasteiger partial charge in [-0.1, -0.05) is 60.7 Å². The Kier molecular flexibility index (Phi) is 6.08. The van der Waals surface area contributed by atoms with Crippen molar-refractivity contribution in [3.63, 3.8) is 0 Å². The minimum atomic E-state index is -1.13. The molecule has 1 heterocycles. The first-order chi connectivity index (χ1) is 15.9. The maximum atomic E-state index is 12.8. The highest BCUT2D eigenvalue weighted by Gasteiger charge is 2.48. The van der Waals surface area contributed by atoms with E-state index in [-0.39, 0.29) is 6.54 Å². The average Bonchev–Trinajstić information content (AvgIpc) is 3.04. The third-order valence-corrected chi connectivity index (χ3v) is 5.68. The molecule has 1 atom stereocenters. The van der Waals surface area contributed by atoms with Gasteiger partial charge in [0, 0.05) is 5.56 Å². The molecule has 0 unspecified atom stereocenters. The Morgan fingerprint density at radius 3 is 2.39 bits per heavy atom. The van der Waals surface area contributed by atoms with Crippen molar-refractivity contribution in [1.29, 1.82) is 0 Å². The van der Waals surface area contributed by atoms with Crippen molar-refractivity contribution in [1.82, 2.24) is 21.1 Å². The Labute approximate surface area is 190 Å². The number of hydrogen-bond acceptors (Lipinski definition) is 4. The molecule has 1 aliphatic rings. The number of amides is 5. The molecule has 0 aromatic heterocycles. The molecule has 8 heteroatoms. The number of fused-ring (bicyclic) bond motifs is 1. The van der Waals surface area contributed by atoms with Crippen molar-refractivity contribution < 1.29 is 19.2 Å². The molecule has 3 aromatic carbocycles. The number of hydrazine groups is 1. The Hall–Kier alpha value is -4.20. The van der Waals surface area contributed by atoms with Gasteiger partial charge in [-0.2, -0.15) is 5.01 Å². The highest BCUT2D eigenvalue weighted by Crippen LogP contribution is 2.22. The van der Waals surface area contributed by atoms with E-state index in [4.69, 9.17) is 0 Å². The third kappa shape index (κ3) is 4.85. The van der Waals surface area contributed by atoms with Crippen LogP contribution in [0, 0.1) is 0 Å². The van der Waals surface area contributed by atoms with Crippen LogP contribution in [0.4, 0.5) is 4.79 Å². The molecule has 0 bridgehead atoms. The van der Waals surface area contributed by atoms with Gasteiger partial charge in [0.05, 0.1) is 6.54 Å². The van der Waals surface area contributed by atoms with Gasteiger partial charge in [-0.15, -0.1) is 0 Å². The zero-order chi connectivity index (χ0) is 23.4. The smallest absolute Gasteiger partial charge is 0.343 e. The molecule has 3 N–H and O–H groups in total. The lowest BCUT2D eigenvalue weighted by Gasteiger charge is -2.21. The maximum absolute atomic E-state index is 12.8. The van der Waals surface area contributed by atoms with Crippen LogP contribution in [-0.4, -0.2) is 40.8 Å². The average molecular weight is 444 g/mol. The van der Waals surface area contributed by atoms with Crippen LogP contribution >= 0.6 is 0 Å². The fourth-order valence-electron chi connectivity index (χ4n) is 3.75. The standard InChI is InChI=1S/C25H24N4O4/c1-25(14-13-17-7-3-2-4-8-17)23(32)29(24(33)27-25)28-21(30)16-26-22(31)20-12-11-18-9-5-6-10-19(18)15-20/h2-12,15H,13-14,16H2,1H3,(H,26,31)(H,27,33)(H,28,30)/t25-/m0/s1. The number of carbonyl (C=O) groups excluding carboxylic acids is 4. The van der Waals surface area contributed by atoms with Gasteiger partial charge in [0.25, 0.3) is 17.7 Å². The lowest BCUT2D eigenvalue weighted by atomic mass is 9.93. The predicted molar refractivity (Wildman–Crippen MR) is 123 cm³/mol. The quantitative estimate of drug-likeness (QED) is 0.487. The summed E-state index contributed by atoms with van der Waals surface area (Å²) >= 11 is 0. The summed E-state index contributed by atoms with van der Waals surface area (Å²) in [6.45, 7) is 1.24. The Morgan fingerprint density at radius 2 is 1.64 bits per heavy atom. The third-order valence-electron chi connectivity index (χ3n) is 5.68. The van der Waals surface area contributed by atoms with Crippen LogP contribution in [0.5, 0.6) is 0 Å². The van der Waals surface area contributed by atoms with Gasteiger partial charge in [-0.25, -0.2) is 4.79 Å². The topological polar surface area (TPSA) is 108 Å². The second-order valence-corrected chi connectivity index (χ2v) is 8.17. The summed E-state index contributed by atoms with van der Waals surface area (Å²) in [6.07, 6.45) is 0.972. The number of aryl methyl sites for hydroxylation is 1. The molecule has 0 radical (unpaired) electrons. The summed E-state index contributed by atoms with van der Waals surface area (Å²) in [5.74, 6) is -1.65. The monoisotopic (exact) mass is 444 g/mol. The van der Waals surface area contributed by atoms with Gasteiger partial charge >= 0.3 is 6.03 Å². The summed E-state index contributed by atoms with van der Waals surface area (Å²) in [5, 5.41) is 7.75. The predicted octanol–water partition coefficient (Wildman–Crippen LogP) is 2.54. The van der Waals surface area contributed by atoms with Crippen LogP contribution < -0.4 is 16.1 Å². The molecule has 4 rings (SSSR count). The summed E-state index contributed by atoms with van der Waals surface area (Å²) in [6, 6.07) is 21.8. The van der Waals surface area contributed by atoms with Crippen LogP contribution in [0.1, 0.15) is 29.3 Å². The fourth-order valence-corrected chi connectivity index (χ4v) is 3.75. The van der Waals surface area contributed by atoms with Crippen LogP contribution in [0.15, 0.2) is 72.8 Å². The maximum Gasteiger partial charge on any atom is 0.344 e. The van der Waals surface area contributed by atoms with Crippen LogP contribution in [-0.2, 0) is 16.0 Å². The van der Waals surface area contributed by atoms with Crippen LogP contribution in [0.25, 0.3) is 10.8 Å². The molecule has 8 nitrogen and oxygen atoms in total. The summed E-state index contributed by atoms with van der Waals surface area (Å²) < 4.78 is 0. The molecule has 1 fully saturated rings. The van der Waals surface area contributed by atoms with E-state index in [2.05, 4.69) is 16.1 Å². The number of imide groups is 1. The minimum absolute atomic E-state index is 0.382. The first-order valence-corrected chi connectivity index (χ1v) is 10.6. The lowest BCUT2D eigenvalue weighted by Crippen LogP contribution is -2.51. The van der Waals surface area contributed by atoms with Gasteiger partial charge in [0.1, 0.15) is 5.54 Å². The molecule has 5 amide bonds. The summed E-state index contributed by atoms with van der Waals surface area (Å²) in [4.78, 5) is 49.9. The SMILES string of the molecule is C[C@@]1(CCc2ccccc2)NC(=O)N(NC(=O)CNC(=O)c2ccc3ccccc3c2)C1=O. The highest BCUT2D eigenvalue weighted by atomic mass is 16.2. The Morgan fingerprint density at radius 1 is 0.939 bits per heavy atom. The number of benzene rings is 3. The van der Waals surface area contributed by atoms with E-state index < -0.39 is 29.3 Å². The molecule has 0 saturated carbocycles. The van der Waals surface area contributed by atoms with Crippen molar-refractivity contribution in [2.24, 2.45) is 0 Å².